The van der Waals surface area contributed by atoms with Crippen molar-refractivity contribution < 1.29 is 28.5 Å². The Balaban J connectivity index is 1.55. The Hall–Kier alpha value is -3.49. The van der Waals surface area contributed by atoms with E-state index in [-0.39, 0.29) is 37.1 Å². The molecule has 0 radical (unpaired) electrons. The molecule has 0 aliphatic heterocycles. The monoisotopic (exact) mass is 494 g/mol. The number of hydrogen-bond donors (Lipinski definition) is 2. The van der Waals surface area contributed by atoms with Gasteiger partial charge in [-0.1, -0.05) is 0 Å². The van der Waals surface area contributed by atoms with Gasteiger partial charge in [0.15, 0.2) is 17.3 Å². The van der Waals surface area contributed by atoms with Crippen LogP contribution in [0.25, 0.3) is 11.3 Å². The van der Waals surface area contributed by atoms with E-state index in [9.17, 15) is 14.3 Å². The SMILES string of the molecule is COc1cc(C(=O)CCC(O)(CN)c2ccc(OC)c(-c3ccc(F)c(C)c3)n2)ccc1OC1CC1. The zero-order valence-corrected chi connectivity index (χ0v) is 20.7. The van der Waals surface area contributed by atoms with E-state index < -0.39 is 5.60 Å². The van der Waals surface area contributed by atoms with E-state index in [4.69, 9.17) is 19.9 Å². The standard InChI is InChI=1S/C28H31FN2O5/c1-17-14-19(4-8-21(17)29)27-24(34-2)10-11-26(31-27)28(33,16-30)13-12-22(32)18-5-9-23(25(15-18)35-3)36-20-6-7-20/h4-5,8-11,14-15,20,33H,6-7,12-13,16,30H2,1-3H3. The fourth-order valence-electron chi connectivity index (χ4n) is 3.97. The molecule has 8 heteroatoms. The zero-order valence-electron chi connectivity index (χ0n) is 20.7. The first-order valence-electron chi connectivity index (χ1n) is 11.9. The van der Waals surface area contributed by atoms with E-state index in [2.05, 4.69) is 4.98 Å². The summed E-state index contributed by atoms with van der Waals surface area (Å²) in [7, 11) is 3.05. The zero-order chi connectivity index (χ0) is 25.9. The number of nitrogens with zero attached hydrogens (tertiary/aromatic N) is 1. The molecule has 1 heterocycles. The van der Waals surface area contributed by atoms with Crippen molar-refractivity contribution in [2.24, 2.45) is 5.73 Å². The number of halogens is 1. The summed E-state index contributed by atoms with van der Waals surface area (Å²) < 4.78 is 30.5. The molecule has 36 heavy (non-hydrogen) atoms. The number of pyridine rings is 1. The molecule has 2 aromatic carbocycles. The fourth-order valence-corrected chi connectivity index (χ4v) is 3.97. The number of hydrogen-bond acceptors (Lipinski definition) is 7. The van der Waals surface area contributed by atoms with Gasteiger partial charge in [0.05, 0.1) is 26.0 Å². The molecule has 1 aromatic heterocycles. The van der Waals surface area contributed by atoms with Gasteiger partial charge >= 0.3 is 0 Å². The van der Waals surface area contributed by atoms with E-state index in [0.29, 0.717) is 45.3 Å². The number of rotatable bonds is 11. The minimum absolute atomic E-state index is 0.0401. The van der Waals surface area contributed by atoms with Gasteiger partial charge in [-0.3, -0.25) is 4.79 Å². The second kappa shape index (κ2) is 10.6. The summed E-state index contributed by atoms with van der Waals surface area (Å²) in [5.74, 6) is 1.09. The van der Waals surface area contributed by atoms with E-state index in [1.54, 1.807) is 49.4 Å². The van der Waals surface area contributed by atoms with Gasteiger partial charge in [0.1, 0.15) is 22.9 Å². The quantitative estimate of drug-likeness (QED) is 0.377. The highest BCUT2D eigenvalue weighted by Gasteiger charge is 2.31. The van der Waals surface area contributed by atoms with Gasteiger partial charge in [-0.25, -0.2) is 9.37 Å². The van der Waals surface area contributed by atoms with Crippen molar-refractivity contribution in [1.29, 1.82) is 0 Å². The maximum absolute atomic E-state index is 13.8. The smallest absolute Gasteiger partial charge is 0.163 e. The van der Waals surface area contributed by atoms with E-state index in [1.165, 1.54) is 20.3 Å². The van der Waals surface area contributed by atoms with Crippen molar-refractivity contribution in [2.45, 2.75) is 44.3 Å². The highest BCUT2D eigenvalue weighted by molar-refractivity contribution is 5.96. The number of nitrogens with two attached hydrogens (primary N) is 1. The lowest BCUT2D eigenvalue weighted by atomic mass is 9.90. The summed E-state index contributed by atoms with van der Waals surface area (Å²) in [5.41, 5.74) is 6.74. The van der Waals surface area contributed by atoms with Crippen LogP contribution in [0.2, 0.25) is 0 Å². The molecule has 7 nitrogen and oxygen atoms in total. The number of ether oxygens (including phenoxy) is 3. The number of carbonyl (C=O) groups is 1. The third-order valence-corrected chi connectivity index (χ3v) is 6.39. The van der Waals surface area contributed by atoms with Gasteiger partial charge in [-0.05, 0) is 80.3 Å². The number of aliphatic hydroxyl groups is 1. The van der Waals surface area contributed by atoms with Crippen molar-refractivity contribution >= 4 is 5.78 Å². The first kappa shape index (κ1) is 25.6. The number of aryl methyl sites for hydroxylation is 1. The molecular weight excluding hydrogens is 463 g/mol. The highest BCUT2D eigenvalue weighted by Crippen LogP contribution is 2.36. The van der Waals surface area contributed by atoms with Gasteiger partial charge in [0.25, 0.3) is 0 Å². The normalized spacial score (nSPS) is 14.7. The van der Waals surface area contributed by atoms with Crippen LogP contribution in [0, 0.1) is 12.7 Å². The molecule has 3 aromatic rings. The lowest BCUT2D eigenvalue weighted by Crippen LogP contribution is -2.36. The third-order valence-electron chi connectivity index (χ3n) is 6.39. The van der Waals surface area contributed by atoms with Crippen LogP contribution < -0.4 is 19.9 Å². The Bertz CT molecular complexity index is 1260. The Kier molecular flexibility index (Phi) is 7.56. The minimum Gasteiger partial charge on any atom is -0.494 e. The molecule has 0 spiro atoms. The Morgan fingerprint density at radius 2 is 1.81 bits per heavy atom. The summed E-state index contributed by atoms with van der Waals surface area (Å²) in [4.78, 5) is 17.6. The second-order valence-electron chi connectivity index (χ2n) is 9.05. The number of methoxy groups -OCH3 is 2. The van der Waals surface area contributed by atoms with Crippen LogP contribution in [0.5, 0.6) is 17.2 Å². The Morgan fingerprint density at radius 3 is 2.44 bits per heavy atom. The average Bonchev–Trinajstić information content (AvgIpc) is 3.72. The van der Waals surface area contributed by atoms with Crippen LogP contribution in [0.4, 0.5) is 4.39 Å². The molecule has 1 saturated carbocycles. The summed E-state index contributed by atoms with van der Waals surface area (Å²) >= 11 is 0. The van der Waals surface area contributed by atoms with E-state index in [0.717, 1.165) is 12.8 Å². The molecule has 1 unspecified atom stereocenters. The maximum atomic E-state index is 13.8. The lowest BCUT2D eigenvalue weighted by Gasteiger charge is -2.27. The molecule has 0 saturated heterocycles. The van der Waals surface area contributed by atoms with Crippen LogP contribution in [0.15, 0.2) is 48.5 Å². The molecule has 1 atom stereocenters. The van der Waals surface area contributed by atoms with Crippen molar-refractivity contribution in [3.8, 4) is 28.5 Å². The van der Waals surface area contributed by atoms with E-state index in [1.807, 2.05) is 0 Å². The van der Waals surface area contributed by atoms with Gasteiger partial charge in [0, 0.05) is 24.1 Å². The fraction of sp³-hybridized carbons (Fsp3) is 0.357. The van der Waals surface area contributed by atoms with Crippen LogP contribution in [0.1, 0.15) is 47.3 Å². The summed E-state index contributed by atoms with van der Waals surface area (Å²) in [5, 5.41) is 11.4. The van der Waals surface area contributed by atoms with Crippen molar-refractivity contribution in [3.63, 3.8) is 0 Å². The molecule has 1 aliphatic rings. The van der Waals surface area contributed by atoms with Crippen molar-refractivity contribution in [3.05, 3.63) is 71.2 Å². The molecular formula is C28H31FN2O5. The molecule has 1 aliphatic carbocycles. The predicted octanol–water partition coefficient (Wildman–Crippen LogP) is 4.56. The summed E-state index contributed by atoms with van der Waals surface area (Å²) in [6.45, 7) is 1.52. The van der Waals surface area contributed by atoms with Crippen LogP contribution >= 0.6 is 0 Å². The summed E-state index contributed by atoms with van der Waals surface area (Å²) in [6.07, 6.45) is 2.35. The first-order chi connectivity index (χ1) is 17.3. The van der Waals surface area contributed by atoms with Crippen LogP contribution in [-0.2, 0) is 5.60 Å². The number of carbonyl (C=O) groups excluding carboxylic acids is 1. The Morgan fingerprint density at radius 1 is 1.08 bits per heavy atom. The predicted molar refractivity (Wildman–Crippen MR) is 134 cm³/mol. The Labute approximate surface area is 210 Å². The maximum Gasteiger partial charge on any atom is 0.163 e. The first-order valence-corrected chi connectivity index (χ1v) is 11.9. The molecule has 0 amide bonds. The molecule has 4 rings (SSSR count). The van der Waals surface area contributed by atoms with Crippen LogP contribution in [-0.4, -0.2) is 42.7 Å². The minimum atomic E-state index is -1.55. The van der Waals surface area contributed by atoms with Gasteiger partial charge in [-0.2, -0.15) is 0 Å². The number of Topliss-reactive ketones (excluding diaryl/α,β-unsaturated/α-hetero) is 1. The van der Waals surface area contributed by atoms with Gasteiger partial charge in [0.2, 0.25) is 0 Å². The lowest BCUT2D eigenvalue weighted by molar-refractivity contribution is 0.0297. The molecule has 3 N–H and O–H groups in total. The topological polar surface area (TPSA) is 104 Å². The number of aromatic nitrogens is 1. The molecule has 0 bridgehead atoms. The van der Waals surface area contributed by atoms with Crippen LogP contribution in [0.3, 0.4) is 0 Å². The molecule has 1 fully saturated rings. The van der Waals surface area contributed by atoms with E-state index >= 15 is 0 Å². The molecule has 190 valence electrons. The number of benzene rings is 2. The van der Waals surface area contributed by atoms with Crippen molar-refractivity contribution in [2.75, 3.05) is 20.8 Å². The largest absolute Gasteiger partial charge is 0.494 e. The highest BCUT2D eigenvalue weighted by atomic mass is 19.1. The van der Waals surface area contributed by atoms with Gasteiger partial charge < -0.3 is 25.1 Å². The third kappa shape index (κ3) is 5.50. The second-order valence-corrected chi connectivity index (χ2v) is 9.05. The van der Waals surface area contributed by atoms with Crippen molar-refractivity contribution in [1.82, 2.24) is 4.98 Å². The number of ketones is 1. The average molecular weight is 495 g/mol. The summed E-state index contributed by atoms with van der Waals surface area (Å²) in [6, 6.07) is 13.0. The van der Waals surface area contributed by atoms with Gasteiger partial charge in [-0.15, -0.1) is 0 Å².